The predicted molar refractivity (Wildman–Crippen MR) is 57.5 cm³/mol. The largest absolute Gasteiger partial charge is 0.197 e. The number of rotatable bonds is 3. The van der Waals surface area contributed by atoms with Crippen molar-refractivity contribution in [2.24, 2.45) is 0 Å². The second-order valence-electron chi connectivity index (χ2n) is 3.02. The van der Waals surface area contributed by atoms with Gasteiger partial charge in [-0.1, -0.05) is 29.8 Å². The van der Waals surface area contributed by atoms with Crippen LogP contribution in [0.5, 0.6) is 0 Å². The van der Waals surface area contributed by atoms with Crippen LogP contribution in [0.3, 0.4) is 0 Å². The molecule has 0 heterocycles. The van der Waals surface area contributed by atoms with Gasteiger partial charge in [-0.15, -0.1) is 0 Å². The second-order valence-corrected chi connectivity index (χ2v) is 4.00. The number of hydrogen-bond donors (Lipinski definition) is 0. The molecule has 0 bridgehead atoms. The van der Waals surface area contributed by atoms with Gasteiger partial charge in [-0.25, -0.2) is 0 Å². The Labute approximate surface area is 88.2 Å². The first-order chi connectivity index (χ1) is 6.76. The van der Waals surface area contributed by atoms with E-state index in [2.05, 4.69) is 6.07 Å². The molecule has 1 rings (SSSR count). The normalized spacial score (nSPS) is 11.4. The van der Waals surface area contributed by atoms with E-state index in [1.165, 1.54) is 5.56 Å². The summed E-state index contributed by atoms with van der Waals surface area (Å²) in [7, 11) is 0. The quantitative estimate of drug-likeness (QED) is 0.708. The highest BCUT2D eigenvalue weighted by atomic mass is 32.2. The molecule has 0 fully saturated rings. The average molecular weight is 202 g/mol. The van der Waals surface area contributed by atoms with Crippen molar-refractivity contribution in [3.8, 4) is 11.5 Å². The number of thioether (sulfide) groups is 1. The third-order valence-electron chi connectivity index (χ3n) is 1.88. The molecule has 0 spiro atoms. The van der Waals surface area contributed by atoms with Gasteiger partial charge in [0.25, 0.3) is 0 Å². The SMILES string of the molecule is Cc1ccc(C[C@@H](C#N)SC#N)cc1. The van der Waals surface area contributed by atoms with E-state index in [9.17, 15) is 0 Å². The van der Waals surface area contributed by atoms with E-state index in [-0.39, 0.29) is 5.25 Å². The van der Waals surface area contributed by atoms with Crippen LogP contribution < -0.4 is 0 Å². The number of hydrogen-bond acceptors (Lipinski definition) is 3. The first-order valence-electron chi connectivity index (χ1n) is 4.26. The van der Waals surface area contributed by atoms with Crippen molar-refractivity contribution in [3.63, 3.8) is 0 Å². The Kier molecular flexibility index (Phi) is 4.04. The Morgan fingerprint density at radius 2 is 1.93 bits per heavy atom. The van der Waals surface area contributed by atoms with Gasteiger partial charge in [0.05, 0.1) is 6.07 Å². The lowest BCUT2D eigenvalue weighted by Crippen LogP contribution is -2.02. The van der Waals surface area contributed by atoms with E-state index in [0.717, 1.165) is 17.3 Å². The molecule has 3 heteroatoms. The summed E-state index contributed by atoms with van der Waals surface area (Å²) in [5.41, 5.74) is 2.31. The van der Waals surface area contributed by atoms with Crippen LogP contribution in [0.1, 0.15) is 11.1 Å². The Morgan fingerprint density at radius 3 is 2.43 bits per heavy atom. The zero-order valence-corrected chi connectivity index (χ0v) is 8.71. The van der Waals surface area contributed by atoms with E-state index >= 15 is 0 Å². The molecule has 0 N–H and O–H groups in total. The van der Waals surface area contributed by atoms with Gasteiger partial charge < -0.3 is 0 Å². The first-order valence-corrected chi connectivity index (χ1v) is 5.14. The second kappa shape index (κ2) is 5.32. The van der Waals surface area contributed by atoms with E-state index in [1.807, 2.05) is 36.6 Å². The van der Waals surface area contributed by atoms with Crippen molar-refractivity contribution < 1.29 is 0 Å². The summed E-state index contributed by atoms with van der Waals surface area (Å²) in [5, 5.41) is 18.9. The monoisotopic (exact) mass is 202 g/mol. The molecule has 0 unspecified atom stereocenters. The van der Waals surface area contributed by atoms with E-state index in [4.69, 9.17) is 10.5 Å². The zero-order valence-electron chi connectivity index (χ0n) is 7.90. The zero-order chi connectivity index (χ0) is 10.4. The third-order valence-corrected chi connectivity index (χ3v) is 2.54. The summed E-state index contributed by atoms with van der Waals surface area (Å²) in [4.78, 5) is 0. The number of nitrogens with zero attached hydrogens (tertiary/aromatic N) is 2. The molecule has 0 amide bonds. The van der Waals surface area contributed by atoms with Crippen LogP contribution >= 0.6 is 11.8 Å². The average Bonchev–Trinajstić information content (AvgIpc) is 2.20. The van der Waals surface area contributed by atoms with Gasteiger partial charge >= 0.3 is 0 Å². The minimum Gasteiger partial charge on any atom is -0.197 e. The Morgan fingerprint density at radius 1 is 1.29 bits per heavy atom. The molecule has 0 aromatic heterocycles. The fourth-order valence-electron chi connectivity index (χ4n) is 1.12. The molecule has 0 aliphatic carbocycles. The lowest BCUT2D eigenvalue weighted by molar-refractivity contribution is 1.03. The molecule has 1 aromatic carbocycles. The maximum absolute atomic E-state index is 8.75. The molecule has 2 nitrogen and oxygen atoms in total. The fraction of sp³-hybridized carbons (Fsp3) is 0.273. The minimum atomic E-state index is -0.261. The van der Waals surface area contributed by atoms with Crippen molar-refractivity contribution in [3.05, 3.63) is 35.4 Å². The minimum absolute atomic E-state index is 0.261. The number of nitriles is 2. The summed E-state index contributed by atoms with van der Waals surface area (Å²) < 4.78 is 0. The molecule has 0 radical (unpaired) electrons. The van der Waals surface area contributed by atoms with Crippen LogP contribution in [-0.2, 0) is 6.42 Å². The van der Waals surface area contributed by atoms with E-state index < -0.39 is 0 Å². The number of aryl methyl sites for hydroxylation is 1. The summed E-state index contributed by atoms with van der Waals surface area (Å²) in [6.45, 7) is 2.02. The molecule has 14 heavy (non-hydrogen) atoms. The van der Waals surface area contributed by atoms with Crippen molar-refractivity contribution in [2.75, 3.05) is 0 Å². The highest BCUT2D eigenvalue weighted by molar-refractivity contribution is 8.04. The van der Waals surface area contributed by atoms with Crippen LogP contribution in [0.4, 0.5) is 0 Å². The number of benzene rings is 1. The van der Waals surface area contributed by atoms with Crippen molar-refractivity contribution in [1.82, 2.24) is 0 Å². The summed E-state index contributed by atoms with van der Waals surface area (Å²) >= 11 is 1.02. The van der Waals surface area contributed by atoms with Crippen molar-refractivity contribution >= 4 is 11.8 Å². The standard InChI is InChI=1S/C11H10N2S/c1-9-2-4-10(5-3-9)6-11(7-12)14-8-13/h2-5,11H,6H2,1H3/t11-/m0/s1. The maximum atomic E-state index is 8.75. The van der Waals surface area contributed by atoms with Crippen LogP contribution in [0.2, 0.25) is 0 Å². The molecule has 1 aromatic rings. The van der Waals surface area contributed by atoms with Gasteiger partial charge in [0, 0.05) is 0 Å². The van der Waals surface area contributed by atoms with Crippen LogP contribution in [0.25, 0.3) is 0 Å². The molecule has 1 atom stereocenters. The molecule has 70 valence electrons. The Bertz CT molecular complexity index is 370. The first kappa shape index (κ1) is 10.6. The van der Waals surface area contributed by atoms with Gasteiger partial charge in [0.1, 0.15) is 10.7 Å². The highest BCUT2D eigenvalue weighted by Gasteiger charge is 2.08. The lowest BCUT2D eigenvalue weighted by atomic mass is 10.1. The fourth-order valence-corrected chi connectivity index (χ4v) is 1.57. The smallest absolute Gasteiger partial charge is 0.134 e. The van der Waals surface area contributed by atoms with Gasteiger partial charge in [-0.2, -0.15) is 10.5 Å². The van der Waals surface area contributed by atoms with Gasteiger partial charge in [0.15, 0.2) is 0 Å². The molecule has 0 saturated carbocycles. The van der Waals surface area contributed by atoms with Crippen molar-refractivity contribution in [1.29, 1.82) is 10.5 Å². The topological polar surface area (TPSA) is 47.6 Å². The molecular weight excluding hydrogens is 192 g/mol. The van der Waals surface area contributed by atoms with Gasteiger partial charge in [0.2, 0.25) is 0 Å². The summed E-state index contributed by atoms with van der Waals surface area (Å²) in [5.74, 6) is 0. The Hall–Kier alpha value is -1.45. The lowest BCUT2D eigenvalue weighted by Gasteiger charge is -2.03. The predicted octanol–water partition coefficient (Wildman–Crippen LogP) is 2.64. The number of thiocyanates is 1. The summed E-state index contributed by atoms with van der Waals surface area (Å²) in [6.07, 6.45) is 0.634. The van der Waals surface area contributed by atoms with E-state index in [0.29, 0.717) is 6.42 Å². The van der Waals surface area contributed by atoms with Crippen LogP contribution in [-0.4, -0.2) is 5.25 Å². The third kappa shape index (κ3) is 3.12. The molecule has 0 aliphatic heterocycles. The molecular formula is C11H10N2S. The highest BCUT2D eigenvalue weighted by Crippen LogP contribution is 2.15. The maximum Gasteiger partial charge on any atom is 0.134 e. The summed E-state index contributed by atoms with van der Waals surface area (Å²) in [6, 6.07) is 10.1. The molecule has 0 saturated heterocycles. The van der Waals surface area contributed by atoms with E-state index in [1.54, 1.807) is 0 Å². The van der Waals surface area contributed by atoms with Crippen LogP contribution in [0, 0.1) is 28.9 Å². The van der Waals surface area contributed by atoms with Crippen molar-refractivity contribution in [2.45, 2.75) is 18.6 Å². The Balaban J connectivity index is 2.65. The van der Waals surface area contributed by atoms with Crippen LogP contribution in [0.15, 0.2) is 24.3 Å². The van der Waals surface area contributed by atoms with Gasteiger partial charge in [-0.05, 0) is 30.7 Å². The molecule has 0 aliphatic rings. The van der Waals surface area contributed by atoms with Gasteiger partial charge in [-0.3, -0.25) is 0 Å².